The zero-order chi connectivity index (χ0) is 15.2. The molecule has 1 aliphatic rings. The second kappa shape index (κ2) is 7.87. The Morgan fingerprint density at radius 2 is 2.19 bits per heavy atom. The maximum absolute atomic E-state index is 9.42. The number of nitrogens with one attached hydrogen (secondary N) is 1. The molecule has 2 unspecified atom stereocenters. The van der Waals surface area contributed by atoms with Crippen LogP contribution in [-0.4, -0.2) is 11.3 Å². The number of rotatable bonds is 5. The van der Waals surface area contributed by atoms with Crippen LogP contribution in [0.2, 0.25) is 0 Å². The highest BCUT2D eigenvalue weighted by Crippen LogP contribution is 2.37. The average molecular weight is 302 g/mol. The molecule has 0 bridgehead atoms. The van der Waals surface area contributed by atoms with E-state index in [1.165, 1.54) is 31.2 Å². The third-order valence-corrected chi connectivity index (χ3v) is 5.43. The Labute approximate surface area is 133 Å². The van der Waals surface area contributed by atoms with Crippen molar-refractivity contribution >= 4 is 11.8 Å². The highest BCUT2D eigenvalue weighted by molar-refractivity contribution is 8.00. The highest BCUT2D eigenvalue weighted by atomic mass is 32.2. The zero-order valence-electron chi connectivity index (χ0n) is 13.4. The molecule has 21 heavy (non-hydrogen) atoms. The lowest BCUT2D eigenvalue weighted by Crippen LogP contribution is -2.21. The lowest BCUT2D eigenvalue weighted by molar-refractivity contribution is 0.394. The molecule has 0 heterocycles. The SMILES string of the molecule is CC1CCCC(Sc2ccc(CNC(C)C)cc2C#N)C1. The molecule has 0 aromatic heterocycles. The molecule has 1 aromatic rings. The molecule has 1 saturated carbocycles. The Balaban J connectivity index is 2.04. The molecular weight excluding hydrogens is 276 g/mol. The Kier molecular flexibility index (Phi) is 6.14. The van der Waals surface area contributed by atoms with E-state index >= 15 is 0 Å². The van der Waals surface area contributed by atoms with E-state index in [9.17, 15) is 5.26 Å². The minimum absolute atomic E-state index is 0.466. The molecule has 1 N–H and O–H groups in total. The van der Waals surface area contributed by atoms with Gasteiger partial charge >= 0.3 is 0 Å². The third kappa shape index (κ3) is 5.05. The van der Waals surface area contributed by atoms with Gasteiger partial charge in [-0.2, -0.15) is 5.26 Å². The van der Waals surface area contributed by atoms with Crippen LogP contribution >= 0.6 is 11.8 Å². The number of nitrogens with zero attached hydrogens (tertiary/aromatic N) is 1. The fraction of sp³-hybridized carbons (Fsp3) is 0.611. The Bertz CT molecular complexity index is 504. The maximum Gasteiger partial charge on any atom is 0.100 e. The smallest absolute Gasteiger partial charge is 0.100 e. The van der Waals surface area contributed by atoms with E-state index < -0.39 is 0 Å². The molecule has 0 spiro atoms. The summed E-state index contributed by atoms with van der Waals surface area (Å²) in [7, 11) is 0. The Hall–Kier alpha value is -0.980. The van der Waals surface area contributed by atoms with Crippen LogP contribution in [0, 0.1) is 17.2 Å². The van der Waals surface area contributed by atoms with Gasteiger partial charge in [-0.25, -0.2) is 0 Å². The van der Waals surface area contributed by atoms with Crippen molar-refractivity contribution in [1.82, 2.24) is 5.32 Å². The van der Waals surface area contributed by atoms with Crippen LogP contribution < -0.4 is 5.32 Å². The summed E-state index contributed by atoms with van der Waals surface area (Å²) in [5.74, 6) is 0.830. The van der Waals surface area contributed by atoms with Crippen LogP contribution in [0.15, 0.2) is 23.1 Å². The summed E-state index contributed by atoms with van der Waals surface area (Å²) in [6, 6.07) is 9.18. The van der Waals surface area contributed by atoms with Gasteiger partial charge in [0.15, 0.2) is 0 Å². The molecule has 1 aliphatic carbocycles. The lowest BCUT2D eigenvalue weighted by atomic mass is 9.91. The van der Waals surface area contributed by atoms with E-state index in [-0.39, 0.29) is 0 Å². The van der Waals surface area contributed by atoms with E-state index in [4.69, 9.17) is 0 Å². The molecule has 0 aliphatic heterocycles. The Morgan fingerprint density at radius 1 is 1.38 bits per heavy atom. The molecule has 0 radical (unpaired) electrons. The van der Waals surface area contributed by atoms with Gasteiger partial charge in [0.2, 0.25) is 0 Å². The molecule has 0 saturated heterocycles. The second-order valence-corrected chi connectivity index (χ2v) is 7.83. The largest absolute Gasteiger partial charge is 0.310 e. The quantitative estimate of drug-likeness (QED) is 0.854. The van der Waals surface area contributed by atoms with Gasteiger partial charge < -0.3 is 5.32 Å². The number of hydrogen-bond acceptors (Lipinski definition) is 3. The van der Waals surface area contributed by atoms with Gasteiger partial charge in [0, 0.05) is 22.7 Å². The van der Waals surface area contributed by atoms with Gasteiger partial charge in [0.25, 0.3) is 0 Å². The normalized spacial score (nSPS) is 22.2. The monoisotopic (exact) mass is 302 g/mol. The van der Waals surface area contributed by atoms with Crippen molar-refractivity contribution in [2.75, 3.05) is 0 Å². The molecular formula is C18H26N2S. The topological polar surface area (TPSA) is 35.8 Å². The number of benzene rings is 1. The summed E-state index contributed by atoms with van der Waals surface area (Å²) in [5, 5.41) is 13.5. The fourth-order valence-corrected chi connectivity index (χ4v) is 4.31. The number of nitriles is 1. The van der Waals surface area contributed by atoms with Gasteiger partial charge in [-0.15, -0.1) is 11.8 Å². The van der Waals surface area contributed by atoms with Gasteiger partial charge in [-0.1, -0.05) is 39.7 Å². The van der Waals surface area contributed by atoms with E-state index in [0.717, 1.165) is 22.9 Å². The van der Waals surface area contributed by atoms with Crippen molar-refractivity contribution in [1.29, 1.82) is 5.26 Å². The first kappa shape index (κ1) is 16.4. The van der Waals surface area contributed by atoms with Crippen LogP contribution in [-0.2, 0) is 6.54 Å². The van der Waals surface area contributed by atoms with Crippen LogP contribution in [0.4, 0.5) is 0 Å². The summed E-state index contributed by atoms with van der Waals surface area (Å²) in [5.41, 5.74) is 2.03. The molecule has 0 amide bonds. The summed E-state index contributed by atoms with van der Waals surface area (Å²) >= 11 is 1.91. The zero-order valence-corrected chi connectivity index (χ0v) is 14.2. The first-order chi connectivity index (χ1) is 10.1. The second-order valence-electron chi connectivity index (χ2n) is 6.49. The van der Waals surface area contributed by atoms with Gasteiger partial charge in [-0.05, 0) is 36.5 Å². The summed E-state index contributed by atoms with van der Waals surface area (Å²) in [4.78, 5) is 1.16. The Morgan fingerprint density at radius 3 is 2.86 bits per heavy atom. The summed E-state index contributed by atoms with van der Waals surface area (Å²) < 4.78 is 0. The molecule has 2 atom stereocenters. The molecule has 1 fully saturated rings. The van der Waals surface area contributed by atoms with Crippen LogP contribution in [0.25, 0.3) is 0 Å². The minimum atomic E-state index is 0.466. The van der Waals surface area contributed by atoms with Gasteiger partial charge in [-0.3, -0.25) is 0 Å². The predicted molar refractivity (Wildman–Crippen MR) is 90.4 cm³/mol. The first-order valence-corrected chi connectivity index (χ1v) is 8.89. The lowest BCUT2D eigenvalue weighted by Gasteiger charge is -2.26. The fourth-order valence-electron chi connectivity index (χ4n) is 2.86. The van der Waals surface area contributed by atoms with Crippen molar-refractivity contribution in [3.05, 3.63) is 29.3 Å². The van der Waals surface area contributed by atoms with E-state index in [1.54, 1.807) is 0 Å². The molecule has 1 aromatic carbocycles. The van der Waals surface area contributed by atoms with Crippen LogP contribution in [0.3, 0.4) is 0 Å². The molecule has 3 heteroatoms. The van der Waals surface area contributed by atoms with E-state index in [0.29, 0.717) is 11.3 Å². The first-order valence-electron chi connectivity index (χ1n) is 8.01. The van der Waals surface area contributed by atoms with Crippen molar-refractivity contribution in [2.24, 2.45) is 5.92 Å². The predicted octanol–water partition coefficient (Wildman–Crippen LogP) is 4.73. The molecule has 2 rings (SSSR count). The third-order valence-electron chi connectivity index (χ3n) is 4.06. The highest BCUT2D eigenvalue weighted by Gasteiger charge is 2.20. The van der Waals surface area contributed by atoms with Gasteiger partial charge in [0.05, 0.1) is 5.56 Å². The minimum Gasteiger partial charge on any atom is -0.310 e. The van der Waals surface area contributed by atoms with Gasteiger partial charge in [0.1, 0.15) is 6.07 Å². The average Bonchev–Trinajstić information content (AvgIpc) is 2.46. The van der Waals surface area contributed by atoms with Crippen molar-refractivity contribution in [3.8, 4) is 6.07 Å². The summed E-state index contributed by atoms with van der Waals surface area (Å²) in [6.07, 6.45) is 5.27. The van der Waals surface area contributed by atoms with Crippen molar-refractivity contribution in [2.45, 2.75) is 69.2 Å². The number of hydrogen-bond donors (Lipinski definition) is 1. The molecule has 114 valence electrons. The molecule has 2 nitrogen and oxygen atoms in total. The standard InChI is InChI=1S/C18H26N2S/c1-13(2)20-12-15-7-8-18(16(10-15)11-19)21-17-6-4-5-14(3)9-17/h7-8,10,13-14,17,20H,4-6,9,12H2,1-3H3. The van der Waals surface area contributed by atoms with Crippen molar-refractivity contribution in [3.63, 3.8) is 0 Å². The summed E-state index contributed by atoms with van der Waals surface area (Å²) in [6.45, 7) is 7.45. The maximum atomic E-state index is 9.42. The van der Waals surface area contributed by atoms with E-state index in [2.05, 4.69) is 44.3 Å². The van der Waals surface area contributed by atoms with Crippen molar-refractivity contribution < 1.29 is 0 Å². The van der Waals surface area contributed by atoms with E-state index in [1.807, 2.05) is 17.8 Å². The van der Waals surface area contributed by atoms with Crippen LogP contribution in [0.5, 0.6) is 0 Å². The number of thioether (sulfide) groups is 1. The van der Waals surface area contributed by atoms with Crippen LogP contribution in [0.1, 0.15) is 57.6 Å².